The molecule has 1 unspecified atom stereocenters. The number of methoxy groups -OCH3 is 1. The molecule has 0 spiro atoms. The van der Waals surface area contributed by atoms with Crippen molar-refractivity contribution in [2.45, 2.75) is 91.2 Å². The number of fused-ring (bicyclic) bond motifs is 1. The molecule has 230 valence electrons. The van der Waals surface area contributed by atoms with E-state index in [0.29, 0.717) is 36.4 Å². The Hall–Kier alpha value is -3.98. The van der Waals surface area contributed by atoms with Crippen LogP contribution in [0.2, 0.25) is 0 Å². The van der Waals surface area contributed by atoms with Gasteiger partial charge in [-0.1, -0.05) is 85.2 Å². The predicted molar refractivity (Wildman–Crippen MR) is 168 cm³/mol. The van der Waals surface area contributed by atoms with Crippen LogP contribution in [-0.4, -0.2) is 50.6 Å². The lowest BCUT2D eigenvalue weighted by atomic mass is 9.78. The quantitative estimate of drug-likeness (QED) is 0.174. The zero-order valence-electron chi connectivity index (χ0n) is 26.6. The van der Waals surface area contributed by atoms with Crippen LogP contribution in [0.3, 0.4) is 0 Å². The zero-order chi connectivity index (χ0) is 31.4. The molecule has 1 atom stereocenters. The highest BCUT2D eigenvalue weighted by Crippen LogP contribution is 2.43. The summed E-state index contributed by atoms with van der Waals surface area (Å²) in [6.07, 6.45) is 2.59. The summed E-state index contributed by atoms with van der Waals surface area (Å²) in [7, 11) is 1.61. The molecule has 2 heterocycles. The van der Waals surface area contributed by atoms with E-state index in [2.05, 4.69) is 58.7 Å². The van der Waals surface area contributed by atoms with E-state index in [9.17, 15) is 9.90 Å². The molecule has 0 radical (unpaired) electrons. The van der Waals surface area contributed by atoms with Crippen LogP contribution in [0.5, 0.6) is 11.6 Å². The second kappa shape index (κ2) is 13.1. The summed E-state index contributed by atoms with van der Waals surface area (Å²) in [4.78, 5) is 26.6. The molecule has 43 heavy (non-hydrogen) atoms. The molecule has 9 nitrogen and oxygen atoms in total. The van der Waals surface area contributed by atoms with Crippen LogP contribution in [0, 0.1) is 0 Å². The average molecular weight is 589 g/mol. The van der Waals surface area contributed by atoms with Gasteiger partial charge in [0.1, 0.15) is 5.75 Å². The van der Waals surface area contributed by atoms with Gasteiger partial charge >= 0.3 is 5.97 Å². The Labute approximate surface area is 254 Å². The first-order chi connectivity index (χ1) is 20.3. The lowest BCUT2D eigenvalue weighted by Gasteiger charge is -2.30. The monoisotopic (exact) mass is 588 g/mol. The third kappa shape index (κ3) is 7.51. The number of aromatic nitrogens is 4. The van der Waals surface area contributed by atoms with Gasteiger partial charge < -0.3 is 23.9 Å². The van der Waals surface area contributed by atoms with Crippen LogP contribution in [0.15, 0.2) is 48.8 Å². The van der Waals surface area contributed by atoms with Crippen LogP contribution in [0.25, 0.3) is 22.6 Å². The van der Waals surface area contributed by atoms with Gasteiger partial charge in [0.05, 0.1) is 12.9 Å². The number of aliphatic carboxylic acids is 1. The zero-order valence-corrected chi connectivity index (χ0v) is 26.6. The Morgan fingerprint density at radius 3 is 2.21 bits per heavy atom. The molecule has 0 amide bonds. The fraction of sp³-hybridized carbons (Fsp3) is 0.471. The number of unbranched alkanes of at least 4 members (excludes halogenated alkanes) is 1. The van der Waals surface area contributed by atoms with Gasteiger partial charge in [0.25, 0.3) is 0 Å². The minimum absolute atomic E-state index is 0.124. The minimum atomic E-state index is -1.05. The molecule has 0 aliphatic carbocycles. The Morgan fingerprint density at radius 1 is 1.00 bits per heavy atom. The predicted octanol–water partition coefficient (Wildman–Crippen LogP) is 7.14. The number of rotatable bonds is 12. The van der Waals surface area contributed by atoms with Crippen molar-refractivity contribution in [3.8, 4) is 23.0 Å². The van der Waals surface area contributed by atoms with Gasteiger partial charge in [-0.3, -0.25) is 0 Å². The summed E-state index contributed by atoms with van der Waals surface area (Å²) < 4.78 is 19.5. The highest BCUT2D eigenvalue weighted by Gasteiger charge is 2.30. The Bertz CT molecular complexity index is 1520. The molecule has 0 saturated carbocycles. The molecular formula is C34H44N4O5. The minimum Gasteiger partial charge on any atom is -0.479 e. The summed E-state index contributed by atoms with van der Waals surface area (Å²) in [5.74, 6) is 0.328. The van der Waals surface area contributed by atoms with Crippen LogP contribution in [0.1, 0.15) is 84.4 Å². The van der Waals surface area contributed by atoms with E-state index in [1.165, 1.54) is 0 Å². The molecule has 0 aliphatic rings. The van der Waals surface area contributed by atoms with Gasteiger partial charge in [-0.15, -0.1) is 0 Å². The highest BCUT2D eigenvalue weighted by molar-refractivity contribution is 5.81. The molecule has 9 heteroatoms. The molecule has 1 N–H and O–H groups in total. The Morgan fingerprint density at radius 2 is 1.65 bits per heavy atom. The van der Waals surface area contributed by atoms with Crippen LogP contribution in [0.4, 0.5) is 0 Å². The Balaban J connectivity index is 1.96. The second-order valence-electron chi connectivity index (χ2n) is 12.9. The lowest BCUT2D eigenvalue weighted by Crippen LogP contribution is -2.27. The number of nitrogens with zero attached hydrogens (tertiary/aromatic N) is 4. The van der Waals surface area contributed by atoms with Crippen molar-refractivity contribution in [1.29, 1.82) is 0 Å². The van der Waals surface area contributed by atoms with E-state index in [1.807, 2.05) is 41.8 Å². The molecule has 0 fully saturated rings. The van der Waals surface area contributed by atoms with Gasteiger partial charge in [-0.2, -0.15) is 4.98 Å². The first kappa shape index (κ1) is 31.9. The highest BCUT2D eigenvalue weighted by atomic mass is 16.7. The number of carboxylic acids is 1. The topological polar surface area (TPSA) is 109 Å². The molecule has 0 saturated heterocycles. The van der Waals surface area contributed by atoms with Gasteiger partial charge in [0.2, 0.25) is 5.88 Å². The first-order valence-corrected chi connectivity index (χ1v) is 14.8. The maximum Gasteiger partial charge on any atom is 0.344 e. The number of ether oxygens (including phenoxy) is 3. The van der Waals surface area contributed by atoms with Gasteiger partial charge in [0.15, 0.2) is 29.9 Å². The number of carbonyl (C=O) groups is 1. The van der Waals surface area contributed by atoms with Crippen molar-refractivity contribution in [1.82, 2.24) is 19.5 Å². The third-order valence-electron chi connectivity index (χ3n) is 7.26. The van der Waals surface area contributed by atoms with Gasteiger partial charge in [0, 0.05) is 23.8 Å². The van der Waals surface area contributed by atoms with Crippen LogP contribution < -0.4 is 9.47 Å². The average Bonchev–Trinajstić information content (AvgIpc) is 3.35. The van der Waals surface area contributed by atoms with E-state index in [0.717, 1.165) is 34.4 Å². The van der Waals surface area contributed by atoms with Crippen molar-refractivity contribution in [3.63, 3.8) is 0 Å². The third-order valence-corrected chi connectivity index (χ3v) is 7.26. The van der Waals surface area contributed by atoms with Gasteiger partial charge in [-0.05, 0) is 41.4 Å². The smallest absolute Gasteiger partial charge is 0.344 e. The van der Waals surface area contributed by atoms with Crippen molar-refractivity contribution in [3.05, 3.63) is 65.5 Å². The van der Waals surface area contributed by atoms with E-state index in [-0.39, 0.29) is 23.5 Å². The molecule has 4 aromatic rings. The van der Waals surface area contributed by atoms with Crippen molar-refractivity contribution >= 4 is 17.1 Å². The maximum atomic E-state index is 12.2. The normalized spacial score (nSPS) is 12.8. The summed E-state index contributed by atoms with van der Waals surface area (Å²) in [6, 6.07) is 14.1. The molecule has 0 aliphatic heterocycles. The number of benzene rings is 2. The first-order valence-electron chi connectivity index (χ1n) is 14.8. The number of carboxylic acid groups (broad SMARTS) is 1. The summed E-state index contributed by atoms with van der Waals surface area (Å²) >= 11 is 0. The number of hydrogen-bond acceptors (Lipinski definition) is 7. The van der Waals surface area contributed by atoms with E-state index in [1.54, 1.807) is 13.4 Å². The molecule has 2 aromatic heterocycles. The fourth-order valence-corrected chi connectivity index (χ4v) is 4.93. The standard InChI is InChI=1S/C34H44N4O5/c1-9-10-16-26(32(39)40)43-31-27-30(38(20-35-27)19-22-14-12-11-13-15-22)36-29(37-31)23-17-24(33(2,3)4)28(42-21-41-8)25(18-23)34(5,6)7/h11-15,17-18,20,26H,9-10,16,19,21H2,1-8H3,(H,39,40). The molecule has 2 aromatic carbocycles. The SMILES string of the molecule is CCCCC(Oc1nc(-c2cc(C(C)(C)C)c(OCOC)c(C(C)(C)C)c2)nc2c1ncn2Cc1ccccc1)C(=O)O. The fourth-order valence-electron chi connectivity index (χ4n) is 4.93. The molecular weight excluding hydrogens is 544 g/mol. The van der Waals surface area contributed by atoms with E-state index in [4.69, 9.17) is 24.2 Å². The Kier molecular flexibility index (Phi) is 9.75. The summed E-state index contributed by atoms with van der Waals surface area (Å²) in [5.41, 5.74) is 4.29. The number of hydrogen-bond donors (Lipinski definition) is 1. The van der Waals surface area contributed by atoms with E-state index < -0.39 is 12.1 Å². The van der Waals surface area contributed by atoms with Crippen LogP contribution in [-0.2, 0) is 26.9 Å². The van der Waals surface area contributed by atoms with Crippen molar-refractivity contribution < 1.29 is 24.1 Å². The summed E-state index contributed by atoms with van der Waals surface area (Å²) in [6.45, 7) is 15.5. The van der Waals surface area contributed by atoms with Crippen molar-refractivity contribution in [2.24, 2.45) is 0 Å². The van der Waals surface area contributed by atoms with E-state index >= 15 is 0 Å². The molecule has 0 bridgehead atoms. The van der Waals surface area contributed by atoms with Crippen LogP contribution >= 0.6 is 0 Å². The second-order valence-corrected chi connectivity index (χ2v) is 12.9. The lowest BCUT2D eigenvalue weighted by molar-refractivity contribution is -0.145. The summed E-state index contributed by atoms with van der Waals surface area (Å²) in [5, 5.41) is 9.95. The largest absolute Gasteiger partial charge is 0.479 e. The number of imidazole rings is 1. The molecule has 4 rings (SSSR count). The van der Waals surface area contributed by atoms with Crippen molar-refractivity contribution in [2.75, 3.05) is 13.9 Å². The van der Waals surface area contributed by atoms with Gasteiger partial charge in [-0.25, -0.2) is 14.8 Å². The maximum absolute atomic E-state index is 12.2.